The van der Waals surface area contributed by atoms with Crippen LogP contribution in [0, 0.1) is 6.92 Å². The van der Waals surface area contributed by atoms with Crippen molar-refractivity contribution in [2.75, 3.05) is 26.4 Å². The fourth-order valence-corrected chi connectivity index (χ4v) is 7.06. The Bertz CT molecular complexity index is 1490. The molecule has 18 nitrogen and oxygen atoms in total. The molecule has 2 unspecified atom stereocenters. The molecular weight excluding hydrogens is 793 g/mol. The average molecular weight is 848 g/mol. The van der Waals surface area contributed by atoms with E-state index in [1.807, 2.05) is 0 Å². The van der Waals surface area contributed by atoms with E-state index in [1.54, 1.807) is 0 Å². The van der Waals surface area contributed by atoms with E-state index < -0.39 is 76.7 Å². The minimum absolute atomic E-state index is 0. The molecule has 1 aliphatic heterocycles. The van der Waals surface area contributed by atoms with Gasteiger partial charge in [0.2, 0.25) is 0 Å². The number of H-pyrrole nitrogens is 1. The predicted molar refractivity (Wildman–Crippen MR) is 185 cm³/mol. The fourth-order valence-electron chi connectivity index (χ4n) is 5.71. The van der Waals surface area contributed by atoms with E-state index in [1.165, 1.54) is 83.7 Å². The van der Waals surface area contributed by atoms with Gasteiger partial charge in [0.1, 0.15) is 18.0 Å². The van der Waals surface area contributed by atoms with Crippen LogP contribution in [0.5, 0.6) is 0 Å². The maximum absolute atomic E-state index is 12.7. The van der Waals surface area contributed by atoms with Gasteiger partial charge in [0.25, 0.3) is 13.4 Å². The van der Waals surface area contributed by atoms with E-state index in [4.69, 9.17) is 24.1 Å². The monoisotopic (exact) mass is 847 g/mol. The molecule has 23 heteroatoms. The largest absolute Gasteiger partial charge is 1.00 e. The molecule has 0 saturated carbocycles. The van der Waals surface area contributed by atoms with Crippen LogP contribution < -0.4 is 115 Å². The number of rotatable bonds is 30. The average Bonchev–Trinajstić information content (AvgIpc) is 3.49. The van der Waals surface area contributed by atoms with Crippen molar-refractivity contribution in [2.45, 2.75) is 147 Å². The normalized spacial score (nSPS) is 19.1. The molecular formula is C32H54N5Na3O13P2. The molecule has 6 atom stereocenters. The zero-order valence-corrected chi connectivity index (χ0v) is 41.0. The Morgan fingerprint density at radius 1 is 0.945 bits per heavy atom. The number of ether oxygens (including phenoxy) is 2. The van der Waals surface area contributed by atoms with Crippen molar-refractivity contribution < 1.29 is 141 Å². The zero-order valence-electron chi connectivity index (χ0n) is 33.2. The number of hydrogen-bond acceptors (Lipinski definition) is 14. The first-order valence-electron chi connectivity index (χ1n) is 18.2. The Kier molecular flexibility index (Phi) is 34.0. The van der Waals surface area contributed by atoms with Crippen molar-refractivity contribution >= 4 is 21.1 Å². The molecule has 0 aromatic carbocycles. The van der Waals surface area contributed by atoms with E-state index in [9.17, 15) is 38.4 Å². The van der Waals surface area contributed by atoms with Crippen LogP contribution in [-0.2, 0) is 32.2 Å². The summed E-state index contributed by atoms with van der Waals surface area (Å²) >= 11 is 0. The summed E-state index contributed by atoms with van der Waals surface area (Å²) in [6.45, 7) is 1.66. The van der Waals surface area contributed by atoms with Crippen molar-refractivity contribution in [1.29, 1.82) is 0 Å². The Morgan fingerprint density at radius 3 is 1.98 bits per heavy atom. The van der Waals surface area contributed by atoms with Gasteiger partial charge in [-0.2, -0.15) is 0 Å². The van der Waals surface area contributed by atoms with E-state index >= 15 is 0 Å². The first-order valence-corrected chi connectivity index (χ1v) is 21.2. The number of phosphoric ester groups is 1. The van der Waals surface area contributed by atoms with Crippen LogP contribution in [0.2, 0.25) is 0 Å². The minimum atomic E-state index is -5.49. The topological polar surface area (TPSA) is 270 Å². The standard InChI is InChI=1S/C32H57N5O13P2.3Na/c1-3-4-5-6-7-8-9-10-11-12-13-14-15-16-17-18-19-46-22-26(23-47-51(42,43)32(40)41)50-52(44,45)48-24-28-27(35-36-33)20-29(49-28)37-21-25(2)30(38)34-31(37)39;;;/h21,26-29H,3-20,22-24H2,1-2H3,(H,40,41)(H,42,43)(H,44,45)(H,34,38,39);;;/q;3*+1/p-3/t26-,27+,28-,29-;;;/m1.../s1. The van der Waals surface area contributed by atoms with Gasteiger partial charge >= 0.3 is 94.4 Å². The number of hydrogen-bond donors (Lipinski definition) is 1. The van der Waals surface area contributed by atoms with Crippen LogP contribution in [0.1, 0.15) is 128 Å². The zero-order chi connectivity index (χ0) is 38.4. The van der Waals surface area contributed by atoms with Gasteiger partial charge in [-0.3, -0.25) is 18.9 Å². The molecule has 0 amide bonds. The number of aromatic nitrogens is 2. The van der Waals surface area contributed by atoms with Gasteiger partial charge < -0.3 is 47.3 Å². The first kappa shape index (κ1) is 57.7. The Hall–Kier alpha value is 0.640. The molecule has 1 fully saturated rings. The number of phosphoric acid groups is 1. The van der Waals surface area contributed by atoms with Crippen molar-refractivity contribution in [2.24, 2.45) is 5.11 Å². The van der Waals surface area contributed by atoms with Gasteiger partial charge in [0.15, 0.2) is 7.60 Å². The molecule has 2 heterocycles. The number of aryl methyl sites for hydroxylation is 1. The summed E-state index contributed by atoms with van der Waals surface area (Å²) < 4.78 is 50.9. The Balaban J connectivity index is 0. The SMILES string of the molecule is CCCCCCCCCCCCCCCCCCOC[C@H](COP(=O)([O-])C(=O)[O-])OP(=O)([O-])OC[C@H]1O[C@@H](n2cc(C)c(=O)[nH]c2=O)C[C@@H]1N=[N+]=[N-].[Na+].[Na+].[Na+]. The van der Waals surface area contributed by atoms with Crippen molar-refractivity contribution in [3.63, 3.8) is 0 Å². The molecule has 1 N–H and O–H groups in total. The minimum Gasteiger partial charge on any atom is -0.774 e. The van der Waals surface area contributed by atoms with Gasteiger partial charge in [-0.25, -0.2) is 4.79 Å². The summed E-state index contributed by atoms with van der Waals surface area (Å²) in [4.78, 5) is 64.1. The quantitative estimate of drug-likeness (QED) is 0.0193. The Labute approximate surface area is 389 Å². The number of carbonyl (C=O) groups excluding carboxylic acids is 1. The number of nitrogens with one attached hydrogen (secondary N) is 1. The molecule has 0 radical (unpaired) electrons. The van der Waals surface area contributed by atoms with Crippen LogP contribution in [0.3, 0.4) is 0 Å². The molecule has 55 heavy (non-hydrogen) atoms. The summed E-state index contributed by atoms with van der Waals surface area (Å²) in [7, 11) is -10.7. The number of aromatic amines is 1. The third-order valence-electron chi connectivity index (χ3n) is 8.64. The van der Waals surface area contributed by atoms with Crippen molar-refractivity contribution in [3.8, 4) is 0 Å². The fraction of sp³-hybridized carbons (Fsp3) is 0.844. The molecule has 298 valence electrons. The van der Waals surface area contributed by atoms with E-state index in [-0.39, 0.29) is 107 Å². The van der Waals surface area contributed by atoms with Crippen LogP contribution in [0.15, 0.2) is 20.9 Å². The summed E-state index contributed by atoms with van der Waals surface area (Å²) in [5.74, 6) is 0. The van der Waals surface area contributed by atoms with Crippen LogP contribution in [-0.4, -0.2) is 59.9 Å². The van der Waals surface area contributed by atoms with Crippen LogP contribution >= 0.6 is 15.4 Å². The third kappa shape index (κ3) is 24.5. The summed E-state index contributed by atoms with van der Waals surface area (Å²) in [5.41, 5.74) is 5.29. The number of nitrogens with zero attached hydrogens (tertiary/aromatic N) is 4. The number of carbonyl (C=O) groups is 1. The summed E-state index contributed by atoms with van der Waals surface area (Å²) in [5, 5.41) is 14.4. The number of unbranched alkanes of at least 4 members (excludes halogenated alkanes) is 15. The van der Waals surface area contributed by atoms with Gasteiger partial charge in [-0.1, -0.05) is 108 Å². The van der Waals surface area contributed by atoms with Gasteiger partial charge in [0.05, 0.1) is 32.0 Å². The first-order chi connectivity index (χ1) is 24.8. The summed E-state index contributed by atoms with van der Waals surface area (Å²) in [6.07, 6.45) is 16.4. The predicted octanol–water partition coefficient (Wildman–Crippen LogP) is -4.11. The van der Waals surface area contributed by atoms with Crippen LogP contribution in [0.25, 0.3) is 10.4 Å². The second kappa shape index (κ2) is 32.4. The molecule has 1 aromatic rings. The molecule has 2 rings (SSSR count). The molecule has 0 spiro atoms. The van der Waals surface area contributed by atoms with E-state index in [0.29, 0.717) is 6.42 Å². The molecule has 0 aliphatic carbocycles. The van der Waals surface area contributed by atoms with E-state index in [0.717, 1.165) is 30.3 Å². The summed E-state index contributed by atoms with van der Waals surface area (Å²) in [6, 6.07) is -0.981. The van der Waals surface area contributed by atoms with Crippen LogP contribution in [0.4, 0.5) is 4.79 Å². The molecule has 1 aromatic heterocycles. The third-order valence-corrected chi connectivity index (χ3v) is 10.6. The molecule has 0 bridgehead atoms. The Morgan fingerprint density at radius 2 is 1.47 bits per heavy atom. The van der Waals surface area contributed by atoms with Gasteiger partial charge in [-0.05, 0) is 18.9 Å². The molecule has 1 saturated heterocycles. The molecule has 1 aliphatic rings. The van der Waals surface area contributed by atoms with Gasteiger partial charge in [0, 0.05) is 29.7 Å². The van der Waals surface area contributed by atoms with E-state index in [2.05, 4.69) is 26.5 Å². The second-order valence-corrected chi connectivity index (χ2v) is 16.0. The van der Waals surface area contributed by atoms with Crippen molar-refractivity contribution in [1.82, 2.24) is 9.55 Å². The smallest absolute Gasteiger partial charge is 0.774 e. The second-order valence-electron chi connectivity index (χ2n) is 13.0. The number of carboxylic acid groups (broad SMARTS) is 1. The number of azide groups is 1. The maximum atomic E-state index is 12.7. The van der Waals surface area contributed by atoms with Gasteiger partial charge in [-0.15, -0.1) is 0 Å². The van der Waals surface area contributed by atoms with Crippen molar-refractivity contribution in [3.05, 3.63) is 43.0 Å². The maximum Gasteiger partial charge on any atom is 1.00 e.